The zero-order valence-electron chi connectivity index (χ0n) is 16.1. The molecular formula is C23H26N2O2. The molecule has 2 bridgehead atoms. The number of fused-ring (bicyclic) bond motifs is 5. The van der Waals surface area contributed by atoms with Crippen molar-refractivity contribution in [2.24, 2.45) is 17.3 Å². The number of nitrogens with zero attached hydrogens (tertiary/aromatic N) is 2. The number of ketones is 1. The van der Waals surface area contributed by atoms with E-state index < -0.39 is 0 Å². The molecule has 0 aliphatic heterocycles. The van der Waals surface area contributed by atoms with Crippen LogP contribution < -0.4 is 0 Å². The molecule has 4 heteroatoms. The van der Waals surface area contributed by atoms with Crippen molar-refractivity contribution in [1.82, 2.24) is 9.78 Å². The van der Waals surface area contributed by atoms with E-state index in [2.05, 4.69) is 30.7 Å². The van der Waals surface area contributed by atoms with Crippen LogP contribution in [0.3, 0.4) is 0 Å². The molecule has 1 heterocycles. The topological polar surface area (TPSA) is 44.1 Å². The van der Waals surface area contributed by atoms with E-state index in [1.54, 1.807) is 7.11 Å². The number of allylic oxidation sites excluding steroid dienone is 3. The van der Waals surface area contributed by atoms with Crippen molar-refractivity contribution in [2.75, 3.05) is 7.11 Å². The lowest BCUT2D eigenvalue weighted by Crippen LogP contribution is -2.30. The predicted molar refractivity (Wildman–Crippen MR) is 106 cm³/mol. The molecule has 1 aromatic heterocycles. The molecule has 3 aliphatic rings. The van der Waals surface area contributed by atoms with E-state index in [0.29, 0.717) is 18.4 Å². The van der Waals surface area contributed by atoms with E-state index in [4.69, 9.17) is 4.74 Å². The Labute approximate surface area is 159 Å². The number of benzene rings is 1. The number of methoxy groups -OCH3 is 1. The van der Waals surface area contributed by atoms with Gasteiger partial charge in [-0.2, -0.15) is 5.10 Å². The second kappa shape index (κ2) is 5.90. The van der Waals surface area contributed by atoms with Crippen LogP contribution in [0.2, 0.25) is 0 Å². The van der Waals surface area contributed by atoms with E-state index in [1.807, 2.05) is 17.0 Å². The first-order valence-electron chi connectivity index (χ1n) is 10.00. The normalized spacial score (nSPS) is 28.7. The van der Waals surface area contributed by atoms with E-state index in [-0.39, 0.29) is 11.3 Å². The lowest BCUT2D eigenvalue weighted by Gasteiger charge is -2.36. The standard InChI is InChI=1S/C23H26N2O2/c1-4-6-15-9-14-10-23(15)11-18-17(21(23)16(5-2)22(14)26)7-8-20-19(18)12-24-25(20)13-27-3/h4,7-8,12,14-15H,1,5-6,9-11,13H2,2-3H3/t14-,15-,23+/m1/s1. The van der Waals surface area contributed by atoms with Gasteiger partial charge in [0.05, 0.1) is 11.7 Å². The van der Waals surface area contributed by atoms with Crippen LogP contribution in [0, 0.1) is 17.3 Å². The SMILES string of the molecule is C=CC[C@@H]1C[C@@H]2C[C@]13Cc1c(ccc4c1cnn4COC)C3=C(CC)C2=O. The number of hydrogen-bond donors (Lipinski definition) is 0. The van der Waals surface area contributed by atoms with Crippen molar-refractivity contribution in [3.8, 4) is 0 Å². The quantitative estimate of drug-likeness (QED) is 0.734. The average Bonchev–Trinajstić information content (AvgIpc) is 3.31. The molecule has 0 unspecified atom stereocenters. The Morgan fingerprint density at radius 2 is 2.30 bits per heavy atom. The summed E-state index contributed by atoms with van der Waals surface area (Å²) in [5.41, 5.74) is 6.33. The summed E-state index contributed by atoms with van der Waals surface area (Å²) in [7, 11) is 1.69. The second-order valence-corrected chi connectivity index (χ2v) is 8.35. The van der Waals surface area contributed by atoms with Crippen LogP contribution in [0.15, 0.2) is 36.6 Å². The van der Waals surface area contributed by atoms with Crippen LogP contribution in [0.4, 0.5) is 0 Å². The Kier molecular flexibility index (Phi) is 3.70. The highest BCUT2D eigenvalue weighted by Gasteiger charge is 2.58. The lowest BCUT2D eigenvalue weighted by atomic mass is 9.66. The third kappa shape index (κ3) is 2.08. The van der Waals surface area contributed by atoms with Gasteiger partial charge in [-0.05, 0) is 66.4 Å². The Bertz CT molecular complexity index is 999. The number of carbonyl (C=O) groups is 1. The number of ether oxygens (including phenoxy) is 1. The summed E-state index contributed by atoms with van der Waals surface area (Å²) >= 11 is 0. The molecule has 3 aliphatic carbocycles. The minimum absolute atomic E-state index is 0.109. The Morgan fingerprint density at radius 1 is 1.44 bits per heavy atom. The van der Waals surface area contributed by atoms with Crippen LogP contribution in [0.25, 0.3) is 16.5 Å². The molecule has 3 atom stereocenters. The van der Waals surface area contributed by atoms with E-state index >= 15 is 0 Å². The Morgan fingerprint density at radius 3 is 3.04 bits per heavy atom. The van der Waals surface area contributed by atoms with Crippen molar-refractivity contribution in [1.29, 1.82) is 0 Å². The Balaban J connectivity index is 1.76. The molecule has 5 rings (SSSR count). The fourth-order valence-corrected chi connectivity index (χ4v) is 6.22. The summed E-state index contributed by atoms with van der Waals surface area (Å²) in [6, 6.07) is 4.37. The molecule has 1 aromatic carbocycles. The third-order valence-corrected chi connectivity index (χ3v) is 7.19. The molecular weight excluding hydrogens is 336 g/mol. The van der Waals surface area contributed by atoms with Gasteiger partial charge in [0.2, 0.25) is 0 Å². The van der Waals surface area contributed by atoms with Crippen LogP contribution in [-0.4, -0.2) is 22.7 Å². The second-order valence-electron chi connectivity index (χ2n) is 8.35. The van der Waals surface area contributed by atoms with Crippen LogP contribution in [-0.2, 0) is 22.7 Å². The molecule has 0 amide bonds. The molecule has 4 nitrogen and oxygen atoms in total. The first-order valence-corrected chi connectivity index (χ1v) is 10.00. The summed E-state index contributed by atoms with van der Waals surface area (Å²) < 4.78 is 7.20. The lowest BCUT2D eigenvalue weighted by molar-refractivity contribution is -0.119. The van der Waals surface area contributed by atoms with Gasteiger partial charge in [0, 0.05) is 23.8 Å². The average molecular weight is 362 g/mol. The zero-order valence-corrected chi connectivity index (χ0v) is 16.1. The van der Waals surface area contributed by atoms with Crippen molar-refractivity contribution in [3.63, 3.8) is 0 Å². The van der Waals surface area contributed by atoms with Crippen molar-refractivity contribution >= 4 is 22.3 Å². The maximum Gasteiger partial charge on any atom is 0.162 e. The zero-order chi connectivity index (χ0) is 18.8. The number of carbonyl (C=O) groups excluding carboxylic acids is 1. The number of Topliss-reactive ketones (excluding diaryl/α,β-unsaturated/α-hetero) is 1. The molecule has 1 fully saturated rings. The van der Waals surface area contributed by atoms with Crippen molar-refractivity contribution in [3.05, 3.63) is 47.7 Å². The van der Waals surface area contributed by atoms with E-state index in [9.17, 15) is 4.79 Å². The summed E-state index contributed by atoms with van der Waals surface area (Å²) in [5, 5.41) is 5.75. The minimum atomic E-state index is 0.109. The third-order valence-electron chi connectivity index (χ3n) is 7.19. The molecule has 140 valence electrons. The van der Waals surface area contributed by atoms with Gasteiger partial charge in [-0.1, -0.05) is 19.1 Å². The van der Waals surface area contributed by atoms with Gasteiger partial charge in [0.1, 0.15) is 6.73 Å². The highest BCUT2D eigenvalue weighted by atomic mass is 16.5. The monoisotopic (exact) mass is 362 g/mol. The highest BCUT2D eigenvalue weighted by molar-refractivity contribution is 6.09. The molecule has 0 N–H and O–H groups in total. The van der Waals surface area contributed by atoms with Crippen LogP contribution in [0.5, 0.6) is 0 Å². The largest absolute Gasteiger partial charge is 0.362 e. The highest BCUT2D eigenvalue weighted by Crippen LogP contribution is 2.66. The molecule has 27 heavy (non-hydrogen) atoms. The van der Waals surface area contributed by atoms with Gasteiger partial charge in [-0.3, -0.25) is 4.79 Å². The maximum atomic E-state index is 13.1. The van der Waals surface area contributed by atoms with Gasteiger partial charge >= 0.3 is 0 Å². The molecule has 1 spiro atoms. The number of rotatable bonds is 5. The van der Waals surface area contributed by atoms with Crippen molar-refractivity contribution in [2.45, 2.75) is 45.8 Å². The number of hydrogen-bond acceptors (Lipinski definition) is 3. The molecule has 2 aromatic rings. The molecule has 1 saturated carbocycles. The van der Waals surface area contributed by atoms with Gasteiger partial charge in [0.25, 0.3) is 0 Å². The molecule has 0 radical (unpaired) electrons. The predicted octanol–water partition coefficient (Wildman–Crippen LogP) is 4.53. The van der Waals surface area contributed by atoms with E-state index in [0.717, 1.165) is 43.2 Å². The van der Waals surface area contributed by atoms with Gasteiger partial charge < -0.3 is 4.74 Å². The molecule has 0 saturated heterocycles. The smallest absolute Gasteiger partial charge is 0.162 e. The van der Waals surface area contributed by atoms with Gasteiger partial charge in [-0.15, -0.1) is 6.58 Å². The Hall–Kier alpha value is -2.20. The summed E-state index contributed by atoms with van der Waals surface area (Å²) in [4.78, 5) is 13.1. The fraction of sp³-hybridized carbons (Fsp3) is 0.478. The van der Waals surface area contributed by atoms with E-state index in [1.165, 1.54) is 22.1 Å². The van der Waals surface area contributed by atoms with Gasteiger partial charge in [0.15, 0.2) is 5.78 Å². The number of aromatic nitrogens is 2. The minimum Gasteiger partial charge on any atom is -0.362 e. The first-order chi connectivity index (χ1) is 13.1. The summed E-state index contributed by atoms with van der Waals surface area (Å²) in [6.07, 6.45) is 8.88. The fourth-order valence-electron chi connectivity index (χ4n) is 6.22. The van der Waals surface area contributed by atoms with Crippen molar-refractivity contribution < 1.29 is 9.53 Å². The van der Waals surface area contributed by atoms with Gasteiger partial charge in [-0.25, -0.2) is 4.68 Å². The van der Waals surface area contributed by atoms with Crippen LogP contribution >= 0.6 is 0 Å². The first kappa shape index (κ1) is 16.9. The summed E-state index contributed by atoms with van der Waals surface area (Å²) in [5.74, 6) is 1.12. The summed E-state index contributed by atoms with van der Waals surface area (Å²) in [6.45, 7) is 6.59. The maximum absolute atomic E-state index is 13.1. The van der Waals surface area contributed by atoms with Crippen LogP contribution in [0.1, 0.15) is 43.7 Å².